The molecule has 3 heterocycles. The monoisotopic (exact) mass is 521 g/mol. The zero-order valence-electron chi connectivity index (χ0n) is 20.7. The number of anilines is 2. The molecule has 2 aliphatic rings. The van der Waals surface area contributed by atoms with Crippen LogP contribution in [0.25, 0.3) is 11.3 Å². The van der Waals surface area contributed by atoms with Crippen LogP contribution in [0.2, 0.25) is 10.0 Å². The van der Waals surface area contributed by atoms with E-state index in [0.29, 0.717) is 39.8 Å². The highest BCUT2D eigenvalue weighted by molar-refractivity contribution is 6.36. The van der Waals surface area contributed by atoms with Crippen molar-refractivity contribution < 1.29 is 9.47 Å². The van der Waals surface area contributed by atoms with Crippen LogP contribution in [0.5, 0.6) is 0 Å². The number of nitrogens with one attached hydrogen (secondary N) is 3. The Morgan fingerprint density at radius 2 is 1.77 bits per heavy atom. The van der Waals surface area contributed by atoms with Crippen molar-refractivity contribution in [2.75, 3.05) is 44.1 Å². The molecule has 1 aliphatic carbocycles. The second-order valence-corrected chi connectivity index (χ2v) is 10.5. The number of hydrogen-bond acceptors (Lipinski definition) is 7. The summed E-state index contributed by atoms with van der Waals surface area (Å²) in [6.45, 7) is 5.44. The predicted molar refractivity (Wildman–Crippen MR) is 144 cm³/mol. The van der Waals surface area contributed by atoms with Gasteiger partial charge in [-0.05, 0) is 69.6 Å². The van der Waals surface area contributed by atoms with Crippen molar-refractivity contribution in [1.82, 2.24) is 15.3 Å². The lowest BCUT2D eigenvalue weighted by Crippen LogP contribution is -2.42. The molecule has 2 fully saturated rings. The molecule has 1 aliphatic heterocycles. The molecule has 0 bridgehead atoms. The number of methoxy groups -OCH3 is 1. The van der Waals surface area contributed by atoms with Crippen molar-refractivity contribution in [1.29, 1.82) is 0 Å². The summed E-state index contributed by atoms with van der Waals surface area (Å²) in [6.07, 6.45) is 8.24. The van der Waals surface area contributed by atoms with E-state index in [-0.39, 0.29) is 0 Å². The van der Waals surface area contributed by atoms with Gasteiger partial charge in [-0.15, -0.1) is 0 Å². The molecule has 0 spiro atoms. The van der Waals surface area contributed by atoms with Crippen LogP contribution in [0.4, 0.5) is 11.6 Å². The SMILES string of the molecule is COC[C@@H](C)N[C@H]1CC[C@H](Nc2cc(-c3nc(NCC4CCOCC4)ccc3Cl)c(Cl)cn2)CC1. The van der Waals surface area contributed by atoms with Crippen molar-refractivity contribution in [3.05, 3.63) is 34.4 Å². The Hall–Kier alpha value is -1.64. The van der Waals surface area contributed by atoms with Gasteiger partial charge in [-0.1, -0.05) is 23.2 Å². The smallest absolute Gasteiger partial charge is 0.126 e. The minimum Gasteiger partial charge on any atom is -0.383 e. The fourth-order valence-corrected chi connectivity index (χ4v) is 5.34. The Morgan fingerprint density at radius 1 is 1.03 bits per heavy atom. The molecule has 35 heavy (non-hydrogen) atoms. The molecular formula is C26H37Cl2N5O2. The summed E-state index contributed by atoms with van der Waals surface area (Å²) in [4.78, 5) is 9.32. The van der Waals surface area contributed by atoms with Gasteiger partial charge in [0.25, 0.3) is 0 Å². The van der Waals surface area contributed by atoms with Crippen LogP contribution in [0.1, 0.15) is 45.4 Å². The average molecular weight is 523 g/mol. The van der Waals surface area contributed by atoms with E-state index in [1.807, 2.05) is 18.2 Å². The lowest BCUT2D eigenvalue weighted by Gasteiger charge is -2.32. The number of hydrogen-bond donors (Lipinski definition) is 3. The van der Waals surface area contributed by atoms with Gasteiger partial charge in [0.15, 0.2) is 0 Å². The topological polar surface area (TPSA) is 80.3 Å². The lowest BCUT2D eigenvalue weighted by atomic mass is 9.90. The minimum atomic E-state index is 0.370. The van der Waals surface area contributed by atoms with Crippen LogP contribution in [0.3, 0.4) is 0 Å². The van der Waals surface area contributed by atoms with E-state index in [1.165, 1.54) is 0 Å². The molecule has 0 radical (unpaired) electrons. The molecule has 1 atom stereocenters. The summed E-state index contributed by atoms with van der Waals surface area (Å²) in [5.74, 6) is 2.19. The normalized spacial score (nSPS) is 22.1. The minimum absolute atomic E-state index is 0.370. The lowest BCUT2D eigenvalue weighted by molar-refractivity contribution is 0.0699. The summed E-state index contributed by atoms with van der Waals surface area (Å²) in [5.41, 5.74) is 1.45. The van der Waals surface area contributed by atoms with E-state index in [2.05, 4.69) is 27.9 Å². The summed E-state index contributed by atoms with van der Waals surface area (Å²) in [6, 6.07) is 7.03. The zero-order valence-corrected chi connectivity index (χ0v) is 22.2. The van der Waals surface area contributed by atoms with Crippen LogP contribution in [0, 0.1) is 5.92 Å². The quantitative estimate of drug-likeness (QED) is 0.373. The Balaban J connectivity index is 1.38. The molecule has 4 rings (SSSR count). The number of rotatable bonds is 10. The number of pyridine rings is 2. The first-order chi connectivity index (χ1) is 17.0. The Bertz CT molecular complexity index is 949. The largest absolute Gasteiger partial charge is 0.383 e. The van der Waals surface area contributed by atoms with Gasteiger partial charge in [-0.2, -0.15) is 0 Å². The van der Waals surface area contributed by atoms with Crippen LogP contribution in [-0.2, 0) is 9.47 Å². The first kappa shape index (κ1) is 26.4. The fraction of sp³-hybridized carbons (Fsp3) is 0.615. The Morgan fingerprint density at radius 3 is 2.51 bits per heavy atom. The maximum absolute atomic E-state index is 6.55. The molecule has 192 valence electrons. The highest BCUT2D eigenvalue weighted by Gasteiger charge is 2.23. The van der Waals surface area contributed by atoms with Gasteiger partial charge in [0.2, 0.25) is 0 Å². The van der Waals surface area contributed by atoms with E-state index in [0.717, 1.165) is 82.1 Å². The summed E-state index contributed by atoms with van der Waals surface area (Å²) in [7, 11) is 1.75. The molecule has 0 aromatic carbocycles. The van der Waals surface area contributed by atoms with Crippen molar-refractivity contribution >= 4 is 34.8 Å². The summed E-state index contributed by atoms with van der Waals surface area (Å²) < 4.78 is 10.7. The molecule has 7 nitrogen and oxygen atoms in total. The second kappa shape index (κ2) is 13.1. The van der Waals surface area contributed by atoms with Crippen LogP contribution in [-0.4, -0.2) is 61.6 Å². The van der Waals surface area contributed by atoms with Crippen LogP contribution < -0.4 is 16.0 Å². The third kappa shape index (κ3) is 7.67. The molecule has 0 unspecified atom stereocenters. The van der Waals surface area contributed by atoms with Gasteiger partial charge in [0.05, 0.1) is 22.3 Å². The van der Waals surface area contributed by atoms with E-state index >= 15 is 0 Å². The maximum Gasteiger partial charge on any atom is 0.126 e. The molecule has 9 heteroatoms. The molecule has 0 amide bonds. The van der Waals surface area contributed by atoms with Gasteiger partial charge in [0, 0.05) is 56.8 Å². The van der Waals surface area contributed by atoms with Gasteiger partial charge < -0.3 is 25.4 Å². The first-order valence-electron chi connectivity index (χ1n) is 12.7. The third-order valence-corrected chi connectivity index (χ3v) is 7.49. The third-order valence-electron chi connectivity index (χ3n) is 6.89. The standard InChI is InChI=1S/C26H37Cl2N5O2/c1-17(16-34-2)31-19-3-5-20(6-4-19)32-25-13-21(23(28)15-30-25)26-22(27)7-8-24(33-26)29-14-18-9-11-35-12-10-18/h7-8,13,15,17-20,31H,3-6,9-12,14,16H2,1-2H3,(H,29,33)(H,30,32)/t17-,19-,20-/m1/s1. The van der Waals surface area contributed by atoms with E-state index < -0.39 is 0 Å². The number of halogens is 2. The van der Waals surface area contributed by atoms with Crippen molar-refractivity contribution in [2.45, 2.75) is 63.6 Å². The van der Waals surface area contributed by atoms with Crippen molar-refractivity contribution in [3.63, 3.8) is 0 Å². The average Bonchev–Trinajstić information content (AvgIpc) is 2.87. The predicted octanol–water partition coefficient (Wildman–Crippen LogP) is 5.64. The van der Waals surface area contributed by atoms with E-state index in [1.54, 1.807) is 13.3 Å². The number of nitrogens with zero attached hydrogens (tertiary/aromatic N) is 2. The molecule has 2 aromatic rings. The number of aromatic nitrogens is 2. The van der Waals surface area contributed by atoms with Gasteiger partial charge in [-0.3, -0.25) is 0 Å². The highest BCUT2D eigenvalue weighted by atomic mass is 35.5. The molecule has 3 N–H and O–H groups in total. The second-order valence-electron chi connectivity index (χ2n) is 9.73. The Labute approximate surface area is 218 Å². The highest BCUT2D eigenvalue weighted by Crippen LogP contribution is 2.34. The van der Waals surface area contributed by atoms with Crippen LogP contribution >= 0.6 is 23.2 Å². The number of ether oxygens (including phenoxy) is 2. The maximum atomic E-state index is 6.55. The molecule has 2 aromatic heterocycles. The summed E-state index contributed by atoms with van der Waals surface area (Å²) >= 11 is 13.1. The zero-order chi connectivity index (χ0) is 24.6. The van der Waals surface area contributed by atoms with Gasteiger partial charge >= 0.3 is 0 Å². The van der Waals surface area contributed by atoms with Crippen LogP contribution in [0.15, 0.2) is 24.4 Å². The van der Waals surface area contributed by atoms with Gasteiger partial charge in [0.1, 0.15) is 11.6 Å². The Kier molecular flexibility index (Phi) is 9.86. The van der Waals surface area contributed by atoms with E-state index in [4.69, 9.17) is 37.7 Å². The molecule has 1 saturated carbocycles. The van der Waals surface area contributed by atoms with Gasteiger partial charge in [-0.25, -0.2) is 9.97 Å². The summed E-state index contributed by atoms with van der Waals surface area (Å²) in [5, 5.41) is 11.8. The van der Waals surface area contributed by atoms with E-state index in [9.17, 15) is 0 Å². The van der Waals surface area contributed by atoms with Crippen molar-refractivity contribution in [2.24, 2.45) is 5.92 Å². The fourth-order valence-electron chi connectivity index (χ4n) is 4.94. The van der Waals surface area contributed by atoms with Crippen molar-refractivity contribution in [3.8, 4) is 11.3 Å². The molecule has 1 saturated heterocycles. The first-order valence-corrected chi connectivity index (χ1v) is 13.4. The molecular weight excluding hydrogens is 485 g/mol.